The third-order valence-electron chi connectivity index (χ3n) is 4.88. The molecule has 1 fully saturated rings. The average molecular weight is 388 g/mol. The van der Waals surface area contributed by atoms with Gasteiger partial charge in [0, 0.05) is 44.1 Å². The zero-order valence-electron chi connectivity index (χ0n) is 15.6. The maximum Gasteiger partial charge on any atom is 0.253 e. The Kier molecular flexibility index (Phi) is 5.92. The first-order valence-electron chi connectivity index (χ1n) is 8.92. The van der Waals surface area contributed by atoms with E-state index in [0.717, 1.165) is 5.56 Å². The van der Waals surface area contributed by atoms with Crippen molar-refractivity contribution in [2.45, 2.75) is 30.3 Å². The molecule has 2 aromatic rings. The summed E-state index contributed by atoms with van der Waals surface area (Å²) in [6, 6.07) is 10.7. The summed E-state index contributed by atoms with van der Waals surface area (Å²) in [6.07, 6.45) is 4.24. The molecule has 0 aliphatic carbocycles. The lowest BCUT2D eigenvalue weighted by Gasteiger charge is -2.32. The highest BCUT2D eigenvalue weighted by molar-refractivity contribution is 7.90. The number of amides is 1. The minimum Gasteiger partial charge on any atom is -0.380 e. The first-order chi connectivity index (χ1) is 12.9. The van der Waals surface area contributed by atoms with Crippen molar-refractivity contribution >= 4 is 15.7 Å². The van der Waals surface area contributed by atoms with Crippen molar-refractivity contribution in [3.8, 4) is 0 Å². The summed E-state index contributed by atoms with van der Waals surface area (Å²) < 4.78 is 29.1. The highest BCUT2D eigenvalue weighted by Crippen LogP contribution is 2.31. The zero-order chi connectivity index (χ0) is 19.4. The molecule has 6 nitrogen and oxygen atoms in total. The molecule has 1 amide bonds. The summed E-state index contributed by atoms with van der Waals surface area (Å²) in [5.74, 6) is 0.0471. The van der Waals surface area contributed by atoms with Crippen LogP contribution in [-0.4, -0.2) is 50.7 Å². The van der Waals surface area contributed by atoms with E-state index in [2.05, 4.69) is 4.98 Å². The molecule has 0 unspecified atom stereocenters. The number of benzene rings is 1. The van der Waals surface area contributed by atoms with Crippen molar-refractivity contribution in [2.75, 3.05) is 26.5 Å². The normalized spacial score (nSPS) is 15.7. The number of methoxy groups -OCH3 is 1. The highest BCUT2D eigenvalue weighted by atomic mass is 32.2. The lowest BCUT2D eigenvalue weighted by molar-refractivity contribution is 0.0711. The Morgan fingerprint density at radius 2 is 1.85 bits per heavy atom. The van der Waals surface area contributed by atoms with Crippen molar-refractivity contribution < 1.29 is 17.9 Å². The molecule has 0 atom stereocenters. The number of hydrogen-bond donors (Lipinski definition) is 0. The predicted molar refractivity (Wildman–Crippen MR) is 102 cm³/mol. The fourth-order valence-electron chi connectivity index (χ4n) is 3.47. The Labute approximate surface area is 160 Å². The van der Waals surface area contributed by atoms with Crippen LogP contribution >= 0.6 is 0 Å². The topological polar surface area (TPSA) is 76.6 Å². The van der Waals surface area contributed by atoms with E-state index in [1.54, 1.807) is 25.4 Å². The van der Waals surface area contributed by atoms with E-state index in [1.165, 1.54) is 6.26 Å². The molecule has 0 saturated carbocycles. The van der Waals surface area contributed by atoms with Crippen LogP contribution in [-0.2, 0) is 21.2 Å². The number of ether oxygens (including phenoxy) is 1. The van der Waals surface area contributed by atoms with E-state index >= 15 is 0 Å². The maximum absolute atomic E-state index is 12.7. The van der Waals surface area contributed by atoms with E-state index in [9.17, 15) is 13.2 Å². The molecule has 1 aliphatic rings. The summed E-state index contributed by atoms with van der Waals surface area (Å²) in [5, 5.41) is 0. The Morgan fingerprint density at radius 1 is 1.19 bits per heavy atom. The number of rotatable bonds is 5. The molecule has 0 spiro atoms. The van der Waals surface area contributed by atoms with Crippen LogP contribution in [0.15, 0.2) is 47.5 Å². The van der Waals surface area contributed by atoms with Gasteiger partial charge in [0.15, 0.2) is 9.84 Å². The quantitative estimate of drug-likeness (QED) is 0.787. The van der Waals surface area contributed by atoms with Gasteiger partial charge in [-0.2, -0.15) is 0 Å². The molecule has 2 heterocycles. The molecule has 1 saturated heterocycles. The highest BCUT2D eigenvalue weighted by Gasteiger charge is 2.28. The van der Waals surface area contributed by atoms with Gasteiger partial charge in [-0.3, -0.25) is 9.78 Å². The molecule has 1 aromatic carbocycles. The third kappa shape index (κ3) is 4.54. The molecular formula is C20H24N2O4S. The van der Waals surface area contributed by atoms with Crippen molar-refractivity contribution in [1.82, 2.24) is 9.88 Å². The summed E-state index contributed by atoms with van der Waals surface area (Å²) in [4.78, 5) is 19.2. The van der Waals surface area contributed by atoms with Crippen LogP contribution < -0.4 is 0 Å². The number of sulfone groups is 1. The van der Waals surface area contributed by atoms with Gasteiger partial charge in [0.1, 0.15) is 0 Å². The molecule has 1 aromatic heterocycles. The Hall–Kier alpha value is -2.25. The first kappa shape index (κ1) is 19.5. The standard InChI is InChI=1S/C20H24N2O4S/c1-26-14-15-5-7-17(8-6-15)20(23)22-12-9-16(10-13-22)19-18(27(2,24)25)4-3-11-21-19/h3-8,11,16H,9-10,12-14H2,1-2H3. The van der Waals surface area contributed by atoms with Gasteiger partial charge >= 0.3 is 0 Å². The van der Waals surface area contributed by atoms with Gasteiger partial charge in [0.25, 0.3) is 5.91 Å². The van der Waals surface area contributed by atoms with E-state index in [-0.39, 0.29) is 11.8 Å². The predicted octanol–water partition coefficient (Wildman–Crippen LogP) is 2.65. The second kappa shape index (κ2) is 8.19. The van der Waals surface area contributed by atoms with Crippen molar-refractivity contribution in [3.05, 3.63) is 59.4 Å². The van der Waals surface area contributed by atoms with Gasteiger partial charge in [0.05, 0.1) is 17.2 Å². The number of nitrogens with zero attached hydrogens (tertiary/aromatic N) is 2. The maximum atomic E-state index is 12.7. The van der Waals surface area contributed by atoms with Crippen molar-refractivity contribution in [2.24, 2.45) is 0 Å². The largest absolute Gasteiger partial charge is 0.380 e. The van der Waals surface area contributed by atoms with Gasteiger partial charge in [-0.15, -0.1) is 0 Å². The molecule has 1 aliphatic heterocycles. The van der Waals surface area contributed by atoms with Crippen LogP contribution in [0, 0.1) is 0 Å². The number of hydrogen-bond acceptors (Lipinski definition) is 5. The molecular weight excluding hydrogens is 364 g/mol. The molecule has 3 rings (SSSR count). The Bertz CT molecular complexity index is 902. The second-order valence-corrected chi connectivity index (χ2v) is 8.84. The smallest absolute Gasteiger partial charge is 0.253 e. The van der Waals surface area contributed by atoms with E-state index < -0.39 is 9.84 Å². The zero-order valence-corrected chi connectivity index (χ0v) is 16.4. The van der Waals surface area contributed by atoms with Crippen LogP contribution in [0.4, 0.5) is 0 Å². The van der Waals surface area contributed by atoms with Crippen LogP contribution in [0.1, 0.15) is 40.4 Å². The van der Waals surface area contributed by atoms with Gasteiger partial charge < -0.3 is 9.64 Å². The number of carbonyl (C=O) groups excluding carboxylic acids is 1. The van der Waals surface area contributed by atoms with E-state index in [0.29, 0.717) is 48.7 Å². The minimum absolute atomic E-state index is 0.00164. The number of carbonyl (C=O) groups is 1. The van der Waals surface area contributed by atoms with Gasteiger partial charge in [-0.05, 0) is 42.7 Å². The summed E-state index contributed by atoms with van der Waals surface area (Å²) >= 11 is 0. The third-order valence-corrected chi connectivity index (χ3v) is 6.02. The number of pyridine rings is 1. The fraction of sp³-hybridized carbons (Fsp3) is 0.400. The number of piperidine rings is 1. The molecule has 0 bridgehead atoms. The minimum atomic E-state index is -3.32. The summed E-state index contributed by atoms with van der Waals surface area (Å²) in [5.41, 5.74) is 2.30. The molecule has 144 valence electrons. The summed E-state index contributed by atoms with van der Waals surface area (Å²) in [6.45, 7) is 1.69. The Morgan fingerprint density at radius 3 is 2.44 bits per heavy atom. The van der Waals surface area contributed by atoms with Crippen LogP contribution in [0.2, 0.25) is 0 Å². The van der Waals surface area contributed by atoms with Gasteiger partial charge in [0.2, 0.25) is 0 Å². The molecule has 27 heavy (non-hydrogen) atoms. The van der Waals surface area contributed by atoms with Crippen LogP contribution in [0.25, 0.3) is 0 Å². The monoisotopic (exact) mass is 388 g/mol. The van der Waals surface area contributed by atoms with Crippen molar-refractivity contribution in [3.63, 3.8) is 0 Å². The number of aromatic nitrogens is 1. The fourth-order valence-corrected chi connectivity index (χ4v) is 4.40. The molecule has 0 radical (unpaired) electrons. The summed E-state index contributed by atoms with van der Waals surface area (Å²) in [7, 11) is -1.68. The SMILES string of the molecule is COCc1ccc(C(=O)N2CCC(c3ncccc3S(C)(=O)=O)CC2)cc1. The lowest BCUT2D eigenvalue weighted by Crippen LogP contribution is -2.38. The van der Waals surface area contributed by atoms with Crippen LogP contribution in [0.3, 0.4) is 0 Å². The lowest BCUT2D eigenvalue weighted by atomic mass is 9.92. The average Bonchev–Trinajstić information content (AvgIpc) is 2.68. The Balaban J connectivity index is 1.68. The second-order valence-electron chi connectivity index (χ2n) is 6.86. The molecule has 0 N–H and O–H groups in total. The molecule has 7 heteroatoms. The van der Waals surface area contributed by atoms with Gasteiger partial charge in [-0.1, -0.05) is 12.1 Å². The first-order valence-corrected chi connectivity index (χ1v) is 10.8. The van der Waals surface area contributed by atoms with Crippen LogP contribution in [0.5, 0.6) is 0 Å². The van der Waals surface area contributed by atoms with E-state index in [4.69, 9.17) is 4.74 Å². The number of likely N-dealkylation sites (tertiary alicyclic amines) is 1. The van der Waals surface area contributed by atoms with E-state index in [1.807, 2.05) is 29.2 Å². The van der Waals surface area contributed by atoms with Crippen molar-refractivity contribution in [1.29, 1.82) is 0 Å². The van der Waals surface area contributed by atoms with Gasteiger partial charge in [-0.25, -0.2) is 8.42 Å².